The second-order valence-corrected chi connectivity index (χ2v) is 9.82. The van der Waals surface area contributed by atoms with E-state index in [9.17, 15) is 14.7 Å². The van der Waals surface area contributed by atoms with Gasteiger partial charge in [0.2, 0.25) is 5.91 Å². The third-order valence-corrected chi connectivity index (χ3v) is 8.05. The van der Waals surface area contributed by atoms with E-state index in [2.05, 4.69) is 43.0 Å². The lowest BCUT2D eigenvalue weighted by molar-refractivity contribution is -0.164. The smallest absolute Gasteiger partial charge is 0.325 e. The molecule has 3 aromatic carbocycles. The summed E-state index contributed by atoms with van der Waals surface area (Å²) in [5, 5.41) is 10.1. The molecule has 0 saturated carbocycles. The van der Waals surface area contributed by atoms with Crippen LogP contribution in [-0.2, 0) is 19.1 Å². The summed E-state index contributed by atoms with van der Waals surface area (Å²) < 4.78 is 4.46. The minimum absolute atomic E-state index is 0.0838. The summed E-state index contributed by atoms with van der Waals surface area (Å²) in [4.78, 5) is 27.0. The molecule has 0 radical (unpaired) electrons. The van der Waals surface area contributed by atoms with Crippen LogP contribution in [0.15, 0.2) is 104 Å². The summed E-state index contributed by atoms with van der Waals surface area (Å²) >= 11 is 1.57. The van der Waals surface area contributed by atoms with Crippen LogP contribution in [0, 0.1) is 5.92 Å². The van der Waals surface area contributed by atoms with Gasteiger partial charge in [-0.2, -0.15) is 0 Å². The second-order valence-electron chi connectivity index (χ2n) is 8.49. The maximum absolute atomic E-state index is 13.0. The van der Waals surface area contributed by atoms with Crippen molar-refractivity contribution in [3.63, 3.8) is 0 Å². The van der Waals surface area contributed by atoms with Gasteiger partial charge in [0.25, 0.3) is 0 Å². The van der Waals surface area contributed by atoms with Gasteiger partial charge in [-0.05, 0) is 23.6 Å². The zero-order valence-electron chi connectivity index (χ0n) is 19.6. The monoisotopic (exact) mass is 487 g/mol. The number of rotatable bonds is 10. The van der Waals surface area contributed by atoms with Crippen LogP contribution < -0.4 is 0 Å². The molecule has 1 amide bonds. The normalized spacial score (nSPS) is 18.5. The number of aliphatic hydroxyl groups excluding tert-OH is 1. The molecule has 1 aliphatic rings. The zero-order chi connectivity index (χ0) is 24.8. The molecule has 1 aliphatic heterocycles. The Labute approximate surface area is 210 Å². The number of aliphatic hydroxyl groups is 1. The highest BCUT2D eigenvalue weighted by Crippen LogP contribution is 2.54. The van der Waals surface area contributed by atoms with Crippen molar-refractivity contribution in [2.75, 3.05) is 13.2 Å². The van der Waals surface area contributed by atoms with Crippen LogP contribution in [-0.4, -0.2) is 46.5 Å². The highest BCUT2D eigenvalue weighted by Gasteiger charge is 2.55. The molecule has 3 atom stereocenters. The van der Waals surface area contributed by atoms with E-state index in [1.165, 1.54) is 11.0 Å². The molecule has 1 N–H and O–H groups in total. The number of hydrogen-bond donors (Lipinski definition) is 1. The molecule has 35 heavy (non-hydrogen) atoms. The van der Waals surface area contributed by atoms with Crippen LogP contribution in [0.1, 0.15) is 23.6 Å². The van der Waals surface area contributed by atoms with Gasteiger partial charge in [0.05, 0.1) is 22.1 Å². The molecule has 0 spiro atoms. The predicted octanol–water partition coefficient (Wildman–Crippen LogP) is 4.61. The van der Waals surface area contributed by atoms with E-state index in [0.29, 0.717) is 0 Å². The fourth-order valence-electron chi connectivity index (χ4n) is 4.54. The van der Waals surface area contributed by atoms with E-state index in [-0.39, 0.29) is 19.1 Å². The van der Waals surface area contributed by atoms with Gasteiger partial charge < -0.3 is 14.7 Å². The van der Waals surface area contributed by atoms with Crippen molar-refractivity contribution in [3.05, 3.63) is 120 Å². The molecule has 1 heterocycles. The van der Waals surface area contributed by atoms with Crippen LogP contribution in [0.25, 0.3) is 0 Å². The van der Waals surface area contributed by atoms with Crippen molar-refractivity contribution in [1.82, 2.24) is 4.90 Å². The Balaban J connectivity index is 1.83. The predicted molar refractivity (Wildman–Crippen MR) is 139 cm³/mol. The van der Waals surface area contributed by atoms with Crippen molar-refractivity contribution in [3.8, 4) is 0 Å². The molecule has 1 saturated heterocycles. The van der Waals surface area contributed by atoms with Gasteiger partial charge in [0.15, 0.2) is 0 Å². The minimum atomic E-state index is -0.861. The summed E-state index contributed by atoms with van der Waals surface area (Å²) in [7, 11) is 0. The Morgan fingerprint density at radius 3 is 1.86 bits per heavy atom. The lowest BCUT2D eigenvalue weighted by Crippen LogP contribution is -2.64. The number of hydrogen-bond acceptors (Lipinski definition) is 5. The number of thioether (sulfide) groups is 1. The number of ether oxygens (including phenoxy) is 1. The van der Waals surface area contributed by atoms with Gasteiger partial charge >= 0.3 is 5.97 Å². The van der Waals surface area contributed by atoms with E-state index in [1.54, 1.807) is 18.7 Å². The number of nitrogens with zero attached hydrogens (tertiary/aromatic N) is 1. The standard InChI is InChI=1S/C29H29NO4S/c1-3-19-34-25(32)20-30-27(33)26(21(2)31)28(30)35-29(22-13-7-4-8-14-22,23-15-9-5-10-16-23)24-17-11-6-12-18-24/h3-18,21,26,28,31H,1,19-20H2,2H3/t21?,26-,28-/m1/s1. The minimum Gasteiger partial charge on any atom is -0.460 e. The first-order valence-electron chi connectivity index (χ1n) is 11.6. The Bertz CT molecular complexity index is 1050. The highest BCUT2D eigenvalue weighted by molar-refractivity contribution is 8.01. The topological polar surface area (TPSA) is 66.8 Å². The average molecular weight is 488 g/mol. The number of β-lactam (4-membered cyclic amide) rings is 1. The van der Waals surface area contributed by atoms with Crippen molar-refractivity contribution in [2.24, 2.45) is 5.92 Å². The van der Waals surface area contributed by atoms with Gasteiger partial charge in [0, 0.05) is 0 Å². The first kappa shape index (κ1) is 24.8. The molecule has 3 aromatic rings. The van der Waals surface area contributed by atoms with Crippen molar-refractivity contribution < 1.29 is 19.4 Å². The second kappa shape index (κ2) is 10.9. The molecule has 6 heteroatoms. The Morgan fingerprint density at radius 2 is 1.46 bits per heavy atom. The molecule has 0 aromatic heterocycles. The maximum Gasteiger partial charge on any atom is 0.325 e. The number of esters is 1. The zero-order valence-corrected chi connectivity index (χ0v) is 20.4. The number of amides is 1. The van der Waals surface area contributed by atoms with Crippen molar-refractivity contribution in [2.45, 2.75) is 23.1 Å². The van der Waals surface area contributed by atoms with E-state index >= 15 is 0 Å². The third kappa shape index (κ3) is 4.90. The van der Waals surface area contributed by atoms with Gasteiger partial charge in [-0.1, -0.05) is 104 Å². The van der Waals surface area contributed by atoms with Crippen LogP contribution in [0.4, 0.5) is 0 Å². The van der Waals surface area contributed by atoms with Crippen LogP contribution in [0.5, 0.6) is 0 Å². The number of likely N-dealkylation sites (tertiary alicyclic amines) is 1. The first-order chi connectivity index (χ1) is 17.0. The van der Waals surface area contributed by atoms with Crippen LogP contribution >= 0.6 is 11.8 Å². The molecular formula is C29H29NO4S. The lowest BCUT2D eigenvalue weighted by Gasteiger charge is -2.51. The molecule has 1 unspecified atom stereocenters. The number of benzene rings is 3. The first-order valence-corrected chi connectivity index (χ1v) is 12.5. The van der Waals surface area contributed by atoms with Crippen LogP contribution in [0.3, 0.4) is 0 Å². The summed E-state index contributed by atoms with van der Waals surface area (Å²) in [5.74, 6) is -1.39. The Morgan fingerprint density at radius 1 is 1.00 bits per heavy atom. The van der Waals surface area contributed by atoms with Gasteiger partial charge in [-0.25, -0.2) is 0 Å². The number of carbonyl (C=O) groups is 2. The lowest BCUT2D eigenvalue weighted by atomic mass is 9.84. The largest absolute Gasteiger partial charge is 0.460 e. The molecule has 5 nitrogen and oxygen atoms in total. The molecule has 0 aliphatic carbocycles. The summed E-state index contributed by atoms with van der Waals surface area (Å²) in [5.41, 5.74) is 3.13. The van der Waals surface area contributed by atoms with E-state index < -0.39 is 28.1 Å². The molecule has 4 rings (SSSR count). The van der Waals surface area contributed by atoms with Gasteiger partial charge in [0.1, 0.15) is 13.2 Å². The molecule has 0 bridgehead atoms. The van der Waals surface area contributed by atoms with Crippen molar-refractivity contribution in [1.29, 1.82) is 0 Å². The fraction of sp³-hybridized carbons (Fsp3) is 0.241. The quantitative estimate of drug-likeness (QED) is 0.196. The maximum atomic E-state index is 13.0. The summed E-state index contributed by atoms with van der Waals surface area (Å²) in [6.45, 7) is 5.09. The highest BCUT2D eigenvalue weighted by atomic mass is 32.2. The van der Waals surface area contributed by atoms with Gasteiger partial charge in [-0.15, -0.1) is 11.8 Å². The molecule has 180 valence electrons. The van der Waals surface area contributed by atoms with E-state index in [4.69, 9.17) is 4.74 Å². The van der Waals surface area contributed by atoms with Crippen molar-refractivity contribution >= 4 is 23.6 Å². The molecule has 1 fully saturated rings. The van der Waals surface area contributed by atoms with E-state index in [0.717, 1.165) is 16.7 Å². The van der Waals surface area contributed by atoms with E-state index in [1.807, 2.05) is 54.6 Å². The Kier molecular flexibility index (Phi) is 7.73. The third-order valence-electron chi connectivity index (χ3n) is 6.20. The SMILES string of the molecule is C=CCOC(=O)CN1C(=O)[C@@H](C(C)O)[C@H]1SC(c1ccccc1)(c1ccccc1)c1ccccc1. The molecular weight excluding hydrogens is 458 g/mol. The average Bonchev–Trinajstić information content (AvgIpc) is 2.89. The Hall–Kier alpha value is -3.35. The summed E-state index contributed by atoms with van der Waals surface area (Å²) in [6, 6.07) is 30.4. The summed E-state index contributed by atoms with van der Waals surface area (Å²) in [6.07, 6.45) is 0.631. The van der Waals surface area contributed by atoms with Gasteiger partial charge in [-0.3, -0.25) is 9.59 Å². The fourth-order valence-corrected chi connectivity index (χ4v) is 6.52. The van der Waals surface area contributed by atoms with Crippen LogP contribution in [0.2, 0.25) is 0 Å². The number of carbonyl (C=O) groups excluding carboxylic acids is 2.